The third-order valence-corrected chi connectivity index (χ3v) is 5.34. The summed E-state index contributed by atoms with van der Waals surface area (Å²) in [6, 6.07) is 14.6. The van der Waals surface area contributed by atoms with Gasteiger partial charge in [0.2, 0.25) is 5.91 Å². The maximum Gasteiger partial charge on any atom is 0.275 e. The molecule has 2 aromatic heterocycles. The summed E-state index contributed by atoms with van der Waals surface area (Å²) in [5.41, 5.74) is 2.94. The van der Waals surface area contributed by atoms with Gasteiger partial charge in [0.25, 0.3) is 5.91 Å². The molecule has 0 radical (unpaired) electrons. The van der Waals surface area contributed by atoms with Gasteiger partial charge in [-0.2, -0.15) is 5.10 Å². The third-order valence-electron chi connectivity index (χ3n) is 4.12. The molecule has 30 heavy (non-hydrogen) atoms. The fourth-order valence-corrected chi connectivity index (χ4v) is 3.69. The Kier molecular flexibility index (Phi) is 5.60. The van der Waals surface area contributed by atoms with E-state index in [-0.39, 0.29) is 11.6 Å². The lowest BCUT2D eigenvalue weighted by molar-refractivity contribution is -0.114. The lowest BCUT2D eigenvalue weighted by Gasteiger charge is -2.09. The minimum absolute atomic E-state index is 0.213. The fourth-order valence-electron chi connectivity index (χ4n) is 2.75. The Balaban J connectivity index is 1.51. The first kappa shape index (κ1) is 19.8. The van der Waals surface area contributed by atoms with Crippen LogP contribution in [0.25, 0.3) is 16.3 Å². The monoisotopic (exact) mass is 437 g/mol. The normalized spacial score (nSPS) is 10.6. The van der Waals surface area contributed by atoms with Crippen LogP contribution in [0.1, 0.15) is 17.4 Å². The van der Waals surface area contributed by atoms with Gasteiger partial charge in [0.15, 0.2) is 0 Å². The van der Waals surface area contributed by atoms with E-state index in [1.165, 1.54) is 18.3 Å². The Morgan fingerprint density at radius 2 is 1.90 bits per heavy atom. The molecule has 7 nitrogen and oxygen atoms in total. The number of carbonyl (C=O) groups excluding carboxylic acids is 2. The van der Waals surface area contributed by atoms with Crippen molar-refractivity contribution in [2.45, 2.75) is 6.92 Å². The van der Waals surface area contributed by atoms with E-state index in [0.717, 1.165) is 11.3 Å². The van der Waals surface area contributed by atoms with Crippen molar-refractivity contribution in [3.05, 3.63) is 77.0 Å². The van der Waals surface area contributed by atoms with Crippen LogP contribution in [-0.2, 0) is 4.79 Å². The predicted molar refractivity (Wildman–Crippen MR) is 118 cm³/mol. The van der Waals surface area contributed by atoms with E-state index in [9.17, 15) is 9.59 Å². The highest BCUT2D eigenvalue weighted by atomic mass is 35.5. The molecular weight excluding hydrogens is 422 g/mol. The van der Waals surface area contributed by atoms with Crippen LogP contribution in [0.5, 0.6) is 0 Å². The number of thiazole rings is 1. The number of carbonyl (C=O) groups is 2. The molecule has 0 aliphatic heterocycles. The third kappa shape index (κ3) is 4.40. The number of hydrogen-bond donors (Lipinski definition) is 2. The van der Waals surface area contributed by atoms with E-state index < -0.39 is 5.91 Å². The quantitative estimate of drug-likeness (QED) is 0.466. The van der Waals surface area contributed by atoms with Crippen LogP contribution in [0.3, 0.4) is 0 Å². The number of benzene rings is 2. The molecule has 2 aromatic carbocycles. The van der Waals surface area contributed by atoms with Gasteiger partial charge in [-0.3, -0.25) is 9.59 Å². The number of rotatable bonds is 5. The molecule has 2 N–H and O–H groups in total. The SMILES string of the molecule is CC(=O)Nc1ccc(Cl)c(NC(=O)c2csc(-c3cnn(-c4ccccc4)c3)n2)c1. The van der Waals surface area contributed by atoms with Crippen molar-refractivity contribution in [3.8, 4) is 16.3 Å². The van der Waals surface area contributed by atoms with E-state index in [4.69, 9.17) is 11.6 Å². The molecule has 0 saturated carbocycles. The van der Waals surface area contributed by atoms with Crippen LogP contribution >= 0.6 is 22.9 Å². The summed E-state index contributed by atoms with van der Waals surface area (Å²) in [7, 11) is 0. The van der Waals surface area contributed by atoms with Crippen molar-refractivity contribution in [1.29, 1.82) is 0 Å². The molecule has 4 rings (SSSR count). The first-order chi connectivity index (χ1) is 14.5. The number of hydrogen-bond acceptors (Lipinski definition) is 5. The standard InChI is InChI=1S/C21H16ClN5O2S/c1-13(28)24-15-7-8-17(22)18(9-15)25-20(29)19-12-30-21(26-19)14-10-23-27(11-14)16-5-3-2-4-6-16/h2-12H,1H3,(H,24,28)(H,25,29). The topological polar surface area (TPSA) is 88.9 Å². The molecule has 0 fully saturated rings. The number of nitrogens with one attached hydrogen (secondary N) is 2. The van der Waals surface area contributed by atoms with Crippen molar-refractivity contribution in [3.63, 3.8) is 0 Å². The molecule has 2 amide bonds. The Hall–Kier alpha value is -3.49. The summed E-state index contributed by atoms with van der Waals surface area (Å²) >= 11 is 7.52. The van der Waals surface area contributed by atoms with Crippen LogP contribution < -0.4 is 10.6 Å². The number of nitrogens with zero attached hydrogens (tertiary/aromatic N) is 3. The largest absolute Gasteiger partial charge is 0.326 e. The van der Waals surface area contributed by atoms with E-state index in [1.54, 1.807) is 34.5 Å². The molecule has 9 heteroatoms. The summed E-state index contributed by atoms with van der Waals surface area (Å²) in [6.45, 7) is 1.41. The van der Waals surface area contributed by atoms with Gasteiger partial charge in [0.05, 0.1) is 22.6 Å². The highest BCUT2D eigenvalue weighted by Gasteiger charge is 2.15. The van der Waals surface area contributed by atoms with Gasteiger partial charge in [-0.15, -0.1) is 11.3 Å². The molecule has 0 spiro atoms. The van der Waals surface area contributed by atoms with Crippen molar-refractivity contribution in [1.82, 2.24) is 14.8 Å². The van der Waals surface area contributed by atoms with Gasteiger partial charge >= 0.3 is 0 Å². The Morgan fingerprint density at radius 3 is 2.67 bits per heavy atom. The summed E-state index contributed by atoms with van der Waals surface area (Å²) in [6.07, 6.45) is 3.57. The van der Waals surface area contributed by atoms with Crippen LogP contribution in [0.4, 0.5) is 11.4 Å². The molecule has 0 aliphatic carbocycles. The number of halogens is 1. The average Bonchev–Trinajstić information content (AvgIpc) is 3.40. The summed E-state index contributed by atoms with van der Waals surface area (Å²) in [4.78, 5) is 28.3. The van der Waals surface area contributed by atoms with E-state index in [1.807, 2.05) is 36.5 Å². The number of para-hydroxylation sites is 1. The molecule has 0 atom stereocenters. The highest BCUT2D eigenvalue weighted by Crippen LogP contribution is 2.28. The average molecular weight is 438 g/mol. The lowest BCUT2D eigenvalue weighted by atomic mass is 10.2. The molecule has 0 saturated heterocycles. The second-order valence-electron chi connectivity index (χ2n) is 6.38. The Bertz CT molecular complexity index is 1220. The van der Waals surface area contributed by atoms with Gasteiger partial charge in [-0.25, -0.2) is 9.67 Å². The molecular formula is C21H16ClN5O2S. The zero-order chi connectivity index (χ0) is 21.1. The van der Waals surface area contributed by atoms with Crippen molar-refractivity contribution >= 4 is 46.1 Å². The maximum absolute atomic E-state index is 12.6. The molecule has 150 valence electrons. The van der Waals surface area contributed by atoms with E-state index in [0.29, 0.717) is 21.4 Å². The lowest BCUT2D eigenvalue weighted by Crippen LogP contribution is -2.13. The van der Waals surface area contributed by atoms with Gasteiger partial charge in [0.1, 0.15) is 10.7 Å². The molecule has 0 aliphatic rings. The van der Waals surface area contributed by atoms with Crippen molar-refractivity contribution in [2.75, 3.05) is 10.6 Å². The predicted octanol–water partition coefficient (Wildman–Crippen LogP) is 4.86. The second-order valence-corrected chi connectivity index (χ2v) is 7.64. The summed E-state index contributed by atoms with van der Waals surface area (Å²) in [5, 5.41) is 12.5. The van der Waals surface area contributed by atoms with Gasteiger partial charge in [-0.1, -0.05) is 29.8 Å². The first-order valence-corrected chi connectivity index (χ1v) is 10.2. The zero-order valence-corrected chi connectivity index (χ0v) is 17.4. The fraction of sp³-hybridized carbons (Fsp3) is 0.0476. The molecule has 2 heterocycles. The van der Waals surface area contributed by atoms with Crippen LogP contribution in [-0.4, -0.2) is 26.6 Å². The van der Waals surface area contributed by atoms with Crippen molar-refractivity contribution in [2.24, 2.45) is 0 Å². The Morgan fingerprint density at radius 1 is 1.10 bits per heavy atom. The smallest absolute Gasteiger partial charge is 0.275 e. The summed E-state index contributed by atoms with van der Waals surface area (Å²) < 4.78 is 1.75. The molecule has 4 aromatic rings. The van der Waals surface area contributed by atoms with Crippen LogP contribution in [0, 0.1) is 0 Å². The highest BCUT2D eigenvalue weighted by molar-refractivity contribution is 7.13. The van der Waals surface area contributed by atoms with Crippen molar-refractivity contribution < 1.29 is 9.59 Å². The number of amides is 2. The number of anilines is 2. The Labute approximate surface area is 181 Å². The second kappa shape index (κ2) is 8.48. The van der Waals surface area contributed by atoms with Gasteiger partial charge in [0, 0.05) is 29.8 Å². The maximum atomic E-state index is 12.6. The van der Waals surface area contributed by atoms with E-state index in [2.05, 4.69) is 20.7 Å². The van der Waals surface area contributed by atoms with Crippen LogP contribution in [0.2, 0.25) is 5.02 Å². The first-order valence-electron chi connectivity index (χ1n) is 8.94. The number of aromatic nitrogens is 3. The zero-order valence-electron chi connectivity index (χ0n) is 15.8. The molecule has 0 bridgehead atoms. The minimum atomic E-state index is -0.394. The molecule has 0 unspecified atom stereocenters. The van der Waals surface area contributed by atoms with E-state index >= 15 is 0 Å². The summed E-state index contributed by atoms with van der Waals surface area (Å²) in [5.74, 6) is -0.607. The minimum Gasteiger partial charge on any atom is -0.326 e. The van der Waals surface area contributed by atoms with Gasteiger partial charge < -0.3 is 10.6 Å². The van der Waals surface area contributed by atoms with Gasteiger partial charge in [-0.05, 0) is 30.3 Å². The van der Waals surface area contributed by atoms with Crippen LogP contribution in [0.15, 0.2) is 66.3 Å².